The number of sulfone groups is 1. The van der Waals surface area contributed by atoms with Crippen molar-refractivity contribution in [2.45, 2.75) is 50.7 Å². The molecule has 0 saturated carbocycles. The summed E-state index contributed by atoms with van der Waals surface area (Å²) in [5.74, 6) is -0.0849. The fourth-order valence-corrected chi connectivity index (χ4v) is 5.52. The Morgan fingerprint density at radius 2 is 1.82 bits per heavy atom. The predicted molar refractivity (Wildman–Crippen MR) is 134 cm³/mol. The topological polar surface area (TPSA) is 63.7 Å². The highest BCUT2D eigenvalue weighted by molar-refractivity contribution is 7.90. The summed E-state index contributed by atoms with van der Waals surface area (Å²) in [4.78, 5) is 15.5. The zero-order chi connectivity index (χ0) is 24.2. The van der Waals surface area contributed by atoms with E-state index in [4.69, 9.17) is 27.9 Å². The van der Waals surface area contributed by atoms with E-state index in [1.54, 1.807) is 12.1 Å². The average Bonchev–Trinajstić information content (AvgIpc) is 2.77. The van der Waals surface area contributed by atoms with Gasteiger partial charge in [0.25, 0.3) is 5.91 Å². The Kier molecular flexibility index (Phi) is 8.49. The molecule has 8 heteroatoms. The number of piperidine rings is 1. The first-order chi connectivity index (χ1) is 15.5. The van der Waals surface area contributed by atoms with Gasteiger partial charge in [0.05, 0.1) is 21.9 Å². The standard InChI is InChI=1S/C25H31Cl2NO4S/c1-18(2)32-23(19-8-5-4-6-9-19)24(29)28-14-7-12-25(17-28,13-15-33(3,30)31)20-10-11-21(26)22(27)16-20/h4-6,8-11,16,18,23H,7,12-15,17H2,1-3H3. The molecular formula is C25H31Cl2NO4S. The quantitative estimate of drug-likeness (QED) is 0.472. The van der Waals surface area contributed by atoms with Gasteiger partial charge in [0.2, 0.25) is 0 Å². The van der Waals surface area contributed by atoms with Gasteiger partial charge in [-0.25, -0.2) is 8.42 Å². The molecule has 2 aromatic rings. The fourth-order valence-electron chi connectivity index (χ4n) is 4.46. The maximum atomic E-state index is 13.7. The zero-order valence-corrected chi connectivity index (χ0v) is 21.6. The van der Waals surface area contributed by atoms with E-state index in [1.807, 2.05) is 55.1 Å². The lowest BCUT2D eigenvalue weighted by molar-refractivity contribution is -0.149. The summed E-state index contributed by atoms with van der Waals surface area (Å²) < 4.78 is 30.2. The number of amides is 1. The van der Waals surface area contributed by atoms with Crippen LogP contribution in [0.25, 0.3) is 0 Å². The van der Waals surface area contributed by atoms with Crippen LogP contribution in [-0.2, 0) is 24.8 Å². The molecule has 33 heavy (non-hydrogen) atoms. The molecular weight excluding hydrogens is 481 g/mol. The number of nitrogens with zero attached hydrogens (tertiary/aromatic N) is 1. The first-order valence-electron chi connectivity index (χ1n) is 11.1. The first kappa shape index (κ1) is 26.0. The van der Waals surface area contributed by atoms with Crippen LogP contribution in [0.2, 0.25) is 10.0 Å². The van der Waals surface area contributed by atoms with E-state index < -0.39 is 21.4 Å². The van der Waals surface area contributed by atoms with E-state index >= 15 is 0 Å². The van der Waals surface area contributed by atoms with E-state index in [1.165, 1.54) is 6.26 Å². The number of hydrogen-bond donors (Lipinski definition) is 0. The molecule has 0 aromatic heterocycles. The minimum Gasteiger partial charge on any atom is -0.361 e. The number of halogens is 2. The highest BCUT2D eigenvalue weighted by Gasteiger charge is 2.41. The Labute approximate surface area is 206 Å². The second-order valence-electron chi connectivity index (χ2n) is 9.13. The molecule has 1 saturated heterocycles. The van der Waals surface area contributed by atoms with Gasteiger partial charge in [-0.3, -0.25) is 4.79 Å². The van der Waals surface area contributed by atoms with Crippen LogP contribution >= 0.6 is 23.2 Å². The van der Waals surface area contributed by atoms with Crippen LogP contribution in [0.3, 0.4) is 0 Å². The van der Waals surface area contributed by atoms with Crippen LogP contribution in [-0.4, -0.2) is 50.4 Å². The van der Waals surface area contributed by atoms with Gasteiger partial charge in [-0.2, -0.15) is 0 Å². The van der Waals surface area contributed by atoms with Crippen LogP contribution in [0.5, 0.6) is 0 Å². The number of hydrogen-bond acceptors (Lipinski definition) is 4. The van der Waals surface area contributed by atoms with Gasteiger partial charge in [0.1, 0.15) is 9.84 Å². The largest absolute Gasteiger partial charge is 0.361 e. The molecule has 0 spiro atoms. The van der Waals surface area contributed by atoms with Crippen molar-refractivity contribution in [3.63, 3.8) is 0 Å². The third-order valence-corrected chi connectivity index (χ3v) is 7.79. The van der Waals surface area contributed by atoms with Gasteiger partial charge in [-0.05, 0) is 56.4 Å². The Balaban J connectivity index is 1.96. The Morgan fingerprint density at radius 1 is 1.12 bits per heavy atom. The van der Waals surface area contributed by atoms with Gasteiger partial charge in [0.15, 0.2) is 6.10 Å². The molecule has 180 valence electrons. The molecule has 0 radical (unpaired) electrons. The summed E-state index contributed by atoms with van der Waals surface area (Å²) in [6, 6.07) is 14.9. The molecule has 1 fully saturated rings. The summed E-state index contributed by atoms with van der Waals surface area (Å²) >= 11 is 12.5. The van der Waals surface area contributed by atoms with Crippen molar-refractivity contribution in [2.75, 3.05) is 25.1 Å². The van der Waals surface area contributed by atoms with E-state index in [0.717, 1.165) is 24.0 Å². The SMILES string of the molecule is CC(C)OC(C(=O)N1CCCC(CCS(C)(=O)=O)(c2ccc(Cl)c(Cl)c2)C1)c1ccccc1. The van der Waals surface area contributed by atoms with Crippen molar-refractivity contribution < 1.29 is 17.9 Å². The Bertz CT molecular complexity index is 1080. The number of benzene rings is 2. The van der Waals surface area contributed by atoms with Crippen molar-refractivity contribution in [1.82, 2.24) is 4.90 Å². The molecule has 0 N–H and O–H groups in total. The lowest BCUT2D eigenvalue weighted by atomic mass is 9.72. The molecule has 1 heterocycles. The lowest BCUT2D eigenvalue weighted by Crippen LogP contribution is -2.51. The molecule has 1 aliphatic heterocycles. The maximum Gasteiger partial charge on any atom is 0.256 e. The van der Waals surface area contributed by atoms with Crippen LogP contribution in [0.1, 0.15) is 50.3 Å². The van der Waals surface area contributed by atoms with Crippen LogP contribution in [0.4, 0.5) is 0 Å². The normalized spacial score (nSPS) is 20.1. The van der Waals surface area contributed by atoms with Crippen LogP contribution < -0.4 is 0 Å². The minimum absolute atomic E-state index is 0.0277. The molecule has 1 aliphatic rings. The monoisotopic (exact) mass is 511 g/mol. The van der Waals surface area contributed by atoms with Crippen molar-refractivity contribution in [3.05, 3.63) is 69.7 Å². The average molecular weight is 512 g/mol. The number of rotatable bonds is 8. The van der Waals surface area contributed by atoms with Crippen molar-refractivity contribution in [1.29, 1.82) is 0 Å². The van der Waals surface area contributed by atoms with Crippen molar-refractivity contribution >= 4 is 38.9 Å². The highest BCUT2D eigenvalue weighted by Crippen LogP contribution is 2.40. The Hall–Kier alpha value is -1.60. The molecule has 2 atom stereocenters. The molecule has 0 aliphatic carbocycles. The summed E-state index contributed by atoms with van der Waals surface area (Å²) in [5.41, 5.74) is 1.17. The number of carbonyl (C=O) groups excluding carboxylic acids is 1. The third-order valence-electron chi connectivity index (χ3n) is 6.11. The van der Waals surface area contributed by atoms with Gasteiger partial charge in [0, 0.05) is 24.8 Å². The minimum atomic E-state index is -3.19. The molecule has 0 bridgehead atoms. The Morgan fingerprint density at radius 3 is 2.42 bits per heavy atom. The number of likely N-dealkylation sites (tertiary alicyclic amines) is 1. The lowest BCUT2D eigenvalue weighted by Gasteiger charge is -2.44. The third kappa shape index (κ3) is 6.72. The first-order valence-corrected chi connectivity index (χ1v) is 13.9. The summed E-state index contributed by atoms with van der Waals surface area (Å²) in [6.45, 7) is 4.80. The molecule has 2 aromatic carbocycles. The van der Waals surface area contributed by atoms with E-state index in [9.17, 15) is 13.2 Å². The summed E-state index contributed by atoms with van der Waals surface area (Å²) in [5, 5.41) is 0.860. The molecule has 3 rings (SSSR count). The second kappa shape index (κ2) is 10.8. The van der Waals surface area contributed by atoms with E-state index in [-0.39, 0.29) is 17.8 Å². The van der Waals surface area contributed by atoms with Gasteiger partial charge >= 0.3 is 0 Å². The summed E-state index contributed by atoms with van der Waals surface area (Å²) in [7, 11) is -3.19. The van der Waals surface area contributed by atoms with E-state index in [0.29, 0.717) is 29.6 Å². The van der Waals surface area contributed by atoms with Gasteiger partial charge < -0.3 is 9.64 Å². The van der Waals surface area contributed by atoms with Crippen molar-refractivity contribution in [3.8, 4) is 0 Å². The summed E-state index contributed by atoms with van der Waals surface area (Å²) in [6.07, 6.45) is 2.29. The fraction of sp³-hybridized carbons (Fsp3) is 0.480. The highest BCUT2D eigenvalue weighted by atomic mass is 35.5. The predicted octanol–water partition coefficient (Wildman–Crippen LogP) is 5.45. The second-order valence-corrected chi connectivity index (χ2v) is 12.2. The molecule has 2 unspecified atom stereocenters. The number of carbonyl (C=O) groups is 1. The van der Waals surface area contributed by atoms with Gasteiger partial charge in [-0.1, -0.05) is 59.6 Å². The van der Waals surface area contributed by atoms with E-state index in [2.05, 4.69) is 0 Å². The smallest absolute Gasteiger partial charge is 0.256 e. The van der Waals surface area contributed by atoms with Crippen LogP contribution in [0, 0.1) is 0 Å². The van der Waals surface area contributed by atoms with Crippen LogP contribution in [0.15, 0.2) is 48.5 Å². The van der Waals surface area contributed by atoms with Gasteiger partial charge in [-0.15, -0.1) is 0 Å². The number of ether oxygens (including phenoxy) is 1. The zero-order valence-electron chi connectivity index (χ0n) is 19.3. The molecule has 5 nitrogen and oxygen atoms in total. The maximum absolute atomic E-state index is 13.7. The molecule has 1 amide bonds. The van der Waals surface area contributed by atoms with Crippen molar-refractivity contribution in [2.24, 2.45) is 0 Å².